The fourth-order valence-electron chi connectivity index (χ4n) is 7.90. The van der Waals surface area contributed by atoms with Gasteiger partial charge in [0.1, 0.15) is 11.5 Å². The molecule has 0 bridgehead atoms. The molecule has 10 rings (SSSR count). The van der Waals surface area contributed by atoms with Gasteiger partial charge in [0, 0.05) is 40.2 Å². The maximum Gasteiger partial charge on any atom is 0.160 e. The van der Waals surface area contributed by atoms with Gasteiger partial charge in [-0.1, -0.05) is 146 Å². The highest BCUT2D eigenvalue weighted by atomic mass is 16.5. The standard InChI is InChI=1S/C48H31N3O/c1-2-12-36(13-3-1)47-50-43(35-25-20-32(21-26-35)38-14-10-28-49-31-38)30-44(51-47)37-27-24-34-23-22-33-11-4-5-15-39(33)48(42(34)29-37)40-16-6-8-18-45(40)52-46-19-9-7-17-41(46)48/h1-31H. The van der Waals surface area contributed by atoms with Gasteiger partial charge in [-0.15, -0.1) is 0 Å². The smallest absolute Gasteiger partial charge is 0.160 e. The van der Waals surface area contributed by atoms with Crippen LogP contribution >= 0.6 is 0 Å². The first-order valence-electron chi connectivity index (χ1n) is 17.5. The highest BCUT2D eigenvalue weighted by molar-refractivity contribution is 5.85. The summed E-state index contributed by atoms with van der Waals surface area (Å²) in [6.07, 6.45) is 8.18. The molecule has 0 unspecified atom stereocenters. The van der Waals surface area contributed by atoms with Crippen molar-refractivity contribution in [2.75, 3.05) is 0 Å². The van der Waals surface area contributed by atoms with Crippen molar-refractivity contribution >= 4 is 12.2 Å². The zero-order valence-corrected chi connectivity index (χ0v) is 28.1. The SMILES string of the molecule is C1=Cc2ccc(-c3cc(-c4ccc(-c5cccnc5)cc4)nc(-c4ccccc4)n3)cc2C2(c3ccccc31)c1ccccc1Oc1ccccc12. The van der Waals surface area contributed by atoms with Crippen LogP contribution in [0.4, 0.5) is 0 Å². The Labute approximate surface area is 302 Å². The summed E-state index contributed by atoms with van der Waals surface area (Å²) in [5.41, 5.74) is 13.2. The number of rotatable bonds is 4. The fraction of sp³-hybridized carbons (Fsp3) is 0.0208. The number of pyridine rings is 1. The van der Waals surface area contributed by atoms with Gasteiger partial charge in [-0.25, -0.2) is 9.97 Å². The Morgan fingerprint density at radius 3 is 1.69 bits per heavy atom. The zero-order valence-electron chi connectivity index (χ0n) is 28.1. The van der Waals surface area contributed by atoms with E-state index in [1.54, 1.807) is 6.20 Å². The minimum absolute atomic E-state index is 0.642. The van der Waals surface area contributed by atoms with Gasteiger partial charge in [-0.05, 0) is 63.7 Å². The van der Waals surface area contributed by atoms with Crippen LogP contribution in [0.25, 0.3) is 57.2 Å². The average molecular weight is 666 g/mol. The molecule has 0 saturated carbocycles. The van der Waals surface area contributed by atoms with E-state index < -0.39 is 5.41 Å². The number of hydrogen-bond donors (Lipinski definition) is 0. The van der Waals surface area contributed by atoms with Crippen LogP contribution in [0.1, 0.15) is 33.4 Å². The lowest BCUT2D eigenvalue weighted by Crippen LogP contribution is -2.35. The van der Waals surface area contributed by atoms with E-state index in [0.717, 1.165) is 67.4 Å². The van der Waals surface area contributed by atoms with Crippen LogP contribution in [0.2, 0.25) is 0 Å². The molecule has 4 nitrogen and oxygen atoms in total. The topological polar surface area (TPSA) is 47.9 Å². The average Bonchev–Trinajstić information content (AvgIpc) is 3.36. The fourth-order valence-corrected chi connectivity index (χ4v) is 7.90. The predicted molar refractivity (Wildman–Crippen MR) is 209 cm³/mol. The monoisotopic (exact) mass is 665 g/mol. The van der Waals surface area contributed by atoms with Crippen LogP contribution in [0, 0.1) is 0 Å². The summed E-state index contributed by atoms with van der Waals surface area (Å²) in [6.45, 7) is 0. The first-order valence-corrected chi connectivity index (χ1v) is 17.5. The Kier molecular flexibility index (Phi) is 7.00. The molecule has 1 spiro atoms. The molecule has 0 radical (unpaired) electrons. The van der Waals surface area contributed by atoms with Crippen LogP contribution in [0.15, 0.2) is 176 Å². The van der Waals surface area contributed by atoms with E-state index in [-0.39, 0.29) is 0 Å². The first-order chi connectivity index (χ1) is 25.8. The Bertz CT molecular complexity index is 2600. The minimum atomic E-state index is -0.642. The third-order valence-electron chi connectivity index (χ3n) is 10.3. The van der Waals surface area contributed by atoms with E-state index in [9.17, 15) is 0 Å². The molecule has 3 heterocycles. The maximum absolute atomic E-state index is 6.61. The molecule has 6 aromatic carbocycles. The molecule has 8 aromatic rings. The van der Waals surface area contributed by atoms with E-state index in [2.05, 4.69) is 157 Å². The summed E-state index contributed by atoms with van der Waals surface area (Å²) in [6, 6.07) is 57.3. The summed E-state index contributed by atoms with van der Waals surface area (Å²) >= 11 is 0. The summed E-state index contributed by atoms with van der Waals surface area (Å²) in [4.78, 5) is 14.7. The van der Waals surface area contributed by atoms with E-state index in [4.69, 9.17) is 14.7 Å². The number of para-hydroxylation sites is 2. The quantitative estimate of drug-likeness (QED) is 0.188. The van der Waals surface area contributed by atoms with Gasteiger partial charge in [-0.2, -0.15) is 0 Å². The van der Waals surface area contributed by atoms with E-state index >= 15 is 0 Å². The molecule has 244 valence electrons. The zero-order chi connectivity index (χ0) is 34.5. The largest absolute Gasteiger partial charge is 0.457 e. The number of hydrogen-bond acceptors (Lipinski definition) is 4. The van der Waals surface area contributed by atoms with Crippen molar-refractivity contribution in [2.24, 2.45) is 0 Å². The molecule has 2 aliphatic rings. The van der Waals surface area contributed by atoms with Gasteiger partial charge in [0.2, 0.25) is 0 Å². The van der Waals surface area contributed by atoms with Crippen LogP contribution < -0.4 is 4.74 Å². The van der Waals surface area contributed by atoms with Gasteiger partial charge in [0.25, 0.3) is 0 Å². The van der Waals surface area contributed by atoms with Crippen LogP contribution in [0.5, 0.6) is 11.5 Å². The molecular weight excluding hydrogens is 635 g/mol. The van der Waals surface area contributed by atoms with E-state index in [0.29, 0.717) is 5.82 Å². The highest BCUT2D eigenvalue weighted by Crippen LogP contribution is 2.58. The maximum atomic E-state index is 6.61. The second-order valence-corrected chi connectivity index (χ2v) is 13.2. The summed E-state index contributed by atoms with van der Waals surface area (Å²) in [5, 5.41) is 0. The molecule has 2 aromatic heterocycles. The molecular formula is C48H31N3O. The normalized spacial score (nSPS) is 13.2. The molecule has 1 aliphatic carbocycles. The number of aromatic nitrogens is 3. The number of fused-ring (bicyclic) bond motifs is 8. The number of ether oxygens (including phenoxy) is 1. The van der Waals surface area contributed by atoms with Crippen molar-refractivity contribution in [3.63, 3.8) is 0 Å². The summed E-state index contributed by atoms with van der Waals surface area (Å²) in [7, 11) is 0. The highest BCUT2D eigenvalue weighted by Gasteiger charge is 2.47. The van der Waals surface area contributed by atoms with Crippen molar-refractivity contribution in [1.29, 1.82) is 0 Å². The van der Waals surface area contributed by atoms with Gasteiger partial charge in [0.05, 0.1) is 16.8 Å². The van der Waals surface area contributed by atoms with Crippen LogP contribution in [0.3, 0.4) is 0 Å². The molecule has 0 fully saturated rings. The first kappa shape index (κ1) is 30.0. The molecule has 4 heteroatoms. The van der Waals surface area contributed by atoms with Gasteiger partial charge in [0.15, 0.2) is 5.82 Å². The molecule has 0 atom stereocenters. The molecule has 52 heavy (non-hydrogen) atoms. The van der Waals surface area contributed by atoms with Gasteiger partial charge in [-0.3, -0.25) is 4.98 Å². The molecule has 1 aliphatic heterocycles. The van der Waals surface area contributed by atoms with Crippen LogP contribution in [-0.2, 0) is 5.41 Å². The number of benzene rings is 6. The van der Waals surface area contributed by atoms with E-state index in [1.165, 1.54) is 16.7 Å². The van der Waals surface area contributed by atoms with Gasteiger partial charge >= 0.3 is 0 Å². The molecule has 0 amide bonds. The predicted octanol–water partition coefficient (Wildman–Crippen LogP) is 11.5. The van der Waals surface area contributed by atoms with Crippen molar-refractivity contribution in [3.05, 3.63) is 210 Å². The van der Waals surface area contributed by atoms with Crippen molar-refractivity contribution < 1.29 is 4.74 Å². The molecule has 0 saturated heterocycles. The number of nitrogens with zero attached hydrogens (tertiary/aromatic N) is 3. The second kappa shape index (κ2) is 12.1. The summed E-state index contributed by atoms with van der Waals surface area (Å²) in [5.74, 6) is 2.40. The molecule has 0 N–H and O–H groups in total. The third-order valence-corrected chi connectivity index (χ3v) is 10.3. The lowest BCUT2D eigenvalue weighted by molar-refractivity contribution is 0.434. The lowest BCUT2D eigenvalue weighted by Gasteiger charge is -2.42. The van der Waals surface area contributed by atoms with Crippen molar-refractivity contribution in [2.45, 2.75) is 5.41 Å². The van der Waals surface area contributed by atoms with Crippen LogP contribution in [-0.4, -0.2) is 15.0 Å². The Balaban J connectivity index is 1.21. The second-order valence-electron chi connectivity index (χ2n) is 13.2. The summed E-state index contributed by atoms with van der Waals surface area (Å²) < 4.78 is 6.61. The van der Waals surface area contributed by atoms with Gasteiger partial charge < -0.3 is 4.74 Å². The lowest BCUT2D eigenvalue weighted by atomic mass is 9.62. The Morgan fingerprint density at radius 2 is 0.981 bits per heavy atom. The van der Waals surface area contributed by atoms with E-state index in [1.807, 2.05) is 30.5 Å². The third kappa shape index (κ3) is 4.80. The van der Waals surface area contributed by atoms with Crippen molar-refractivity contribution in [1.82, 2.24) is 15.0 Å². The Hall–Kier alpha value is -6.91. The minimum Gasteiger partial charge on any atom is -0.457 e. The van der Waals surface area contributed by atoms with Crippen molar-refractivity contribution in [3.8, 4) is 56.5 Å². The Morgan fingerprint density at radius 1 is 0.404 bits per heavy atom.